The number of β-amino-alcohol motifs (C(OH)–C–C–N with tert-alkyl or cyclic N) is 1. The van der Waals surface area contributed by atoms with Crippen molar-refractivity contribution in [1.82, 2.24) is 0 Å². The van der Waals surface area contributed by atoms with Crippen molar-refractivity contribution in [2.24, 2.45) is 0 Å². The van der Waals surface area contributed by atoms with Gasteiger partial charge in [-0.15, -0.1) is 0 Å². The van der Waals surface area contributed by atoms with E-state index in [1.54, 1.807) is 0 Å². The van der Waals surface area contributed by atoms with Gasteiger partial charge in [0.25, 0.3) is 5.69 Å². The van der Waals surface area contributed by atoms with Gasteiger partial charge < -0.3 is 10.0 Å². The number of halogens is 4. The van der Waals surface area contributed by atoms with Gasteiger partial charge in [0.05, 0.1) is 11.5 Å². The zero-order valence-corrected chi connectivity index (χ0v) is 11.6. The van der Waals surface area contributed by atoms with E-state index in [9.17, 15) is 28.4 Å². The fraction of sp³-hybridized carbons (Fsp3) is 0.455. The number of nitrogens with zero attached hydrogens (tertiary/aromatic N) is 2. The van der Waals surface area contributed by atoms with Crippen LogP contribution in [0, 0.1) is 10.1 Å². The fourth-order valence-corrected chi connectivity index (χ4v) is 2.48. The topological polar surface area (TPSA) is 66.6 Å². The van der Waals surface area contributed by atoms with Crippen molar-refractivity contribution in [2.75, 3.05) is 18.0 Å². The van der Waals surface area contributed by atoms with Gasteiger partial charge in [0.1, 0.15) is 5.69 Å². The summed E-state index contributed by atoms with van der Waals surface area (Å²) in [5.74, 6) is 0. The molecule has 1 fully saturated rings. The average Bonchev–Trinajstić information content (AvgIpc) is 2.72. The maximum absolute atomic E-state index is 12.8. The van der Waals surface area contributed by atoms with Gasteiger partial charge in [-0.3, -0.25) is 10.1 Å². The van der Waals surface area contributed by atoms with Crippen molar-refractivity contribution in [3.8, 4) is 0 Å². The van der Waals surface area contributed by atoms with Gasteiger partial charge in [-0.1, -0.05) is 15.9 Å². The number of hydrogen-bond donors (Lipinski definition) is 1. The third kappa shape index (κ3) is 2.59. The van der Waals surface area contributed by atoms with Crippen molar-refractivity contribution < 1.29 is 23.2 Å². The molecule has 0 radical (unpaired) electrons. The first-order chi connectivity index (χ1) is 9.14. The summed E-state index contributed by atoms with van der Waals surface area (Å²) >= 11 is 3.13. The first kappa shape index (κ1) is 15.0. The van der Waals surface area contributed by atoms with Gasteiger partial charge in [-0.05, 0) is 12.1 Å². The van der Waals surface area contributed by atoms with Crippen molar-refractivity contribution in [3.05, 3.63) is 32.8 Å². The molecule has 1 N–H and O–H groups in total. The lowest BCUT2D eigenvalue weighted by atomic mass is 10.0. The number of hydrogen-bond acceptors (Lipinski definition) is 4. The smallest absolute Gasteiger partial charge is 0.379 e. The molecule has 0 aliphatic carbocycles. The van der Waals surface area contributed by atoms with E-state index in [0.29, 0.717) is 4.47 Å². The number of anilines is 1. The minimum Gasteiger partial charge on any atom is -0.379 e. The molecule has 0 amide bonds. The highest BCUT2D eigenvalue weighted by Gasteiger charge is 2.57. The predicted molar refractivity (Wildman–Crippen MR) is 68.6 cm³/mol. The summed E-state index contributed by atoms with van der Waals surface area (Å²) in [5.41, 5.74) is -3.06. The minimum atomic E-state index is -4.76. The van der Waals surface area contributed by atoms with Crippen LogP contribution in [0.5, 0.6) is 0 Å². The van der Waals surface area contributed by atoms with E-state index in [2.05, 4.69) is 15.9 Å². The van der Waals surface area contributed by atoms with E-state index in [0.717, 1.165) is 0 Å². The van der Waals surface area contributed by atoms with Crippen LogP contribution >= 0.6 is 15.9 Å². The molecule has 1 saturated heterocycles. The van der Waals surface area contributed by atoms with E-state index in [4.69, 9.17) is 0 Å². The second-order valence-electron chi connectivity index (χ2n) is 4.59. The molecular weight excluding hydrogens is 345 g/mol. The van der Waals surface area contributed by atoms with Gasteiger partial charge in [0.15, 0.2) is 5.60 Å². The maximum atomic E-state index is 12.8. The highest BCUT2D eigenvalue weighted by Crippen LogP contribution is 2.41. The summed E-state index contributed by atoms with van der Waals surface area (Å²) in [7, 11) is 0. The van der Waals surface area contributed by atoms with Crippen LogP contribution in [0.15, 0.2) is 22.7 Å². The molecule has 0 bridgehead atoms. The molecule has 5 nitrogen and oxygen atoms in total. The van der Waals surface area contributed by atoms with Crippen LogP contribution in [0.2, 0.25) is 0 Å². The van der Waals surface area contributed by atoms with Crippen LogP contribution in [0.25, 0.3) is 0 Å². The molecule has 1 unspecified atom stereocenters. The van der Waals surface area contributed by atoms with E-state index in [1.165, 1.54) is 23.1 Å². The van der Waals surface area contributed by atoms with Gasteiger partial charge in [0, 0.05) is 23.5 Å². The largest absolute Gasteiger partial charge is 0.418 e. The summed E-state index contributed by atoms with van der Waals surface area (Å²) in [6.45, 7) is -0.818. The molecule has 110 valence electrons. The van der Waals surface area contributed by atoms with Gasteiger partial charge in [-0.2, -0.15) is 13.2 Å². The van der Waals surface area contributed by atoms with Crippen LogP contribution in [0.3, 0.4) is 0 Å². The Kier molecular flexibility index (Phi) is 3.67. The molecule has 9 heteroatoms. The van der Waals surface area contributed by atoms with E-state index < -0.39 is 29.7 Å². The number of nitro benzene ring substituents is 1. The van der Waals surface area contributed by atoms with Crippen LogP contribution in [0.1, 0.15) is 6.42 Å². The molecule has 1 heterocycles. The van der Waals surface area contributed by atoms with Gasteiger partial charge in [0.2, 0.25) is 0 Å². The second-order valence-corrected chi connectivity index (χ2v) is 5.51. The van der Waals surface area contributed by atoms with Crippen molar-refractivity contribution >= 4 is 27.3 Å². The molecule has 1 aromatic carbocycles. The Morgan fingerprint density at radius 3 is 2.60 bits per heavy atom. The third-order valence-corrected chi connectivity index (χ3v) is 3.74. The fourth-order valence-electron chi connectivity index (χ4n) is 2.14. The summed E-state index contributed by atoms with van der Waals surface area (Å²) in [5, 5.41) is 20.5. The Morgan fingerprint density at radius 1 is 1.45 bits per heavy atom. The van der Waals surface area contributed by atoms with Gasteiger partial charge >= 0.3 is 6.18 Å². The molecule has 1 aliphatic heterocycles. The van der Waals surface area contributed by atoms with Crippen molar-refractivity contribution in [2.45, 2.75) is 18.2 Å². The highest BCUT2D eigenvalue weighted by molar-refractivity contribution is 9.10. The van der Waals surface area contributed by atoms with Crippen LogP contribution < -0.4 is 4.90 Å². The Balaban J connectivity index is 2.35. The normalized spacial score (nSPS) is 23.1. The summed E-state index contributed by atoms with van der Waals surface area (Å²) < 4.78 is 38.8. The molecular formula is C11H10BrF3N2O3. The summed E-state index contributed by atoms with van der Waals surface area (Å²) in [6, 6.07) is 4.03. The molecule has 0 spiro atoms. The summed E-state index contributed by atoms with van der Waals surface area (Å²) in [6.07, 6.45) is -5.28. The number of aliphatic hydroxyl groups is 1. The van der Waals surface area contributed by atoms with Crippen LogP contribution in [-0.2, 0) is 0 Å². The molecule has 0 saturated carbocycles. The Bertz CT molecular complexity index is 552. The minimum absolute atomic E-state index is 0.0598. The number of benzene rings is 1. The Morgan fingerprint density at radius 2 is 2.10 bits per heavy atom. The summed E-state index contributed by atoms with van der Waals surface area (Å²) in [4.78, 5) is 11.4. The standard InChI is InChI=1S/C11H10BrF3N2O3/c12-7-1-2-8(17(19)20)9(5-7)16-4-3-10(18,6-16)11(13,14)15/h1-2,5,18H,3-4,6H2. The molecule has 1 aliphatic rings. The molecule has 1 aromatic rings. The maximum Gasteiger partial charge on any atom is 0.418 e. The lowest BCUT2D eigenvalue weighted by Gasteiger charge is -2.26. The van der Waals surface area contributed by atoms with E-state index in [1.807, 2.05) is 0 Å². The number of nitro groups is 1. The zero-order chi connectivity index (χ0) is 15.1. The Hall–Kier alpha value is -1.35. The van der Waals surface area contributed by atoms with E-state index in [-0.39, 0.29) is 17.9 Å². The average molecular weight is 355 g/mol. The highest BCUT2D eigenvalue weighted by atomic mass is 79.9. The first-order valence-corrected chi connectivity index (χ1v) is 6.41. The molecule has 1 atom stereocenters. The third-order valence-electron chi connectivity index (χ3n) is 3.25. The van der Waals surface area contributed by atoms with Crippen molar-refractivity contribution in [3.63, 3.8) is 0 Å². The molecule has 2 rings (SSSR count). The lowest BCUT2D eigenvalue weighted by Crippen LogP contribution is -2.47. The number of rotatable bonds is 2. The predicted octanol–water partition coefficient (Wildman–Crippen LogP) is 2.86. The Labute approximate surface area is 120 Å². The quantitative estimate of drug-likeness (QED) is 0.655. The van der Waals surface area contributed by atoms with E-state index >= 15 is 0 Å². The van der Waals surface area contributed by atoms with Gasteiger partial charge in [-0.25, -0.2) is 0 Å². The molecule has 20 heavy (non-hydrogen) atoms. The zero-order valence-electron chi connectivity index (χ0n) is 10.0. The first-order valence-electron chi connectivity index (χ1n) is 5.62. The van der Waals surface area contributed by atoms with Crippen LogP contribution in [-0.4, -0.2) is 34.9 Å². The SMILES string of the molecule is O=[N+]([O-])c1ccc(Br)cc1N1CCC(O)(C(F)(F)F)C1. The number of alkyl halides is 3. The second kappa shape index (κ2) is 4.88. The monoisotopic (exact) mass is 354 g/mol. The molecule has 0 aromatic heterocycles. The lowest BCUT2D eigenvalue weighted by molar-refractivity contribution is -0.384. The van der Waals surface area contributed by atoms with Crippen molar-refractivity contribution in [1.29, 1.82) is 0 Å². The van der Waals surface area contributed by atoms with Crippen LogP contribution in [0.4, 0.5) is 24.5 Å².